The van der Waals surface area contributed by atoms with E-state index in [4.69, 9.17) is 0 Å². The molecule has 0 aliphatic carbocycles. The van der Waals surface area contributed by atoms with Crippen LogP contribution in [0, 0.1) is 6.92 Å². The van der Waals surface area contributed by atoms with Gasteiger partial charge in [-0.2, -0.15) is 0 Å². The first-order chi connectivity index (χ1) is 10.2. The van der Waals surface area contributed by atoms with Crippen molar-refractivity contribution in [2.75, 3.05) is 0 Å². The quantitative estimate of drug-likeness (QED) is 0.884. The zero-order chi connectivity index (χ0) is 14.7. The second-order valence-corrected chi connectivity index (χ2v) is 5.70. The highest BCUT2D eigenvalue weighted by molar-refractivity contribution is 8.18. The van der Waals surface area contributed by atoms with Crippen LogP contribution in [0.3, 0.4) is 0 Å². The number of aliphatic imine (C=N–C) groups is 1. The van der Waals surface area contributed by atoms with Gasteiger partial charge in [0.15, 0.2) is 0 Å². The summed E-state index contributed by atoms with van der Waals surface area (Å²) in [5, 5.41) is 2.71. The molecular weight excluding hydrogens is 280 g/mol. The van der Waals surface area contributed by atoms with E-state index in [2.05, 4.69) is 10.3 Å². The maximum absolute atomic E-state index is 11.7. The molecule has 1 heterocycles. The maximum Gasteiger partial charge on any atom is 0.289 e. The lowest BCUT2D eigenvalue weighted by Gasteiger charge is -2.02. The van der Waals surface area contributed by atoms with Gasteiger partial charge in [0, 0.05) is 0 Å². The third-order valence-electron chi connectivity index (χ3n) is 3.10. The summed E-state index contributed by atoms with van der Waals surface area (Å²) in [7, 11) is 0. The number of rotatable bonds is 2. The number of hydrogen-bond donors (Lipinski definition) is 1. The molecule has 0 atom stereocenters. The number of aryl methyl sites for hydroxylation is 1. The summed E-state index contributed by atoms with van der Waals surface area (Å²) in [6, 6.07) is 17.8. The lowest BCUT2D eigenvalue weighted by Crippen LogP contribution is -2.18. The van der Waals surface area contributed by atoms with E-state index >= 15 is 0 Å². The summed E-state index contributed by atoms with van der Waals surface area (Å²) in [5.74, 6) is 0.614. The van der Waals surface area contributed by atoms with Crippen molar-refractivity contribution < 1.29 is 4.79 Å². The van der Waals surface area contributed by atoms with Gasteiger partial charge in [-0.15, -0.1) is 0 Å². The standard InChI is InChI=1S/C17H14N2OS/c1-12-7-5-6-10-14(12)18-16-15(21-17(20)19-16)11-13-8-3-2-4-9-13/h2-11H,1H3,(H,18,19,20)/b15-11-. The Balaban J connectivity index is 1.99. The number of amidine groups is 1. The van der Waals surface area contributed by atoms with Gasteiger partial charge in [0.05, 0.1) is 10.6 Å². The number of benzene rings is 2. The van der Waals surface area contributed by atoms with Crippen molar-refractivity contribution >= 4 is 34.6 Å². The van der Waals surface area contributed by atoms with Gasteiger partial charge in [-0.05, 0) is 42.0 Å². The minimum Gasteiger partial charge on any atom is -0.300 e. The van der Waals surface area contributed by atoms with Crippen LogP contribution >= 0.6 is 11.8 Å². The normalized spacial score (nSPS) is 18.2. The van der Waals surface area contributed by atoms with Gasteiger partial charge >= 0.3 is 0 Å². The Kier molecular flexibility index (Phi) is 3.88. The van der Waals surface area contributed by atoms with Crippen molar-refractivity contribution in [2.24, 2.45) is 4.99 Å². The summed E-state index contributed by atoms with van der Waals surface area (Å²) < 4.78 is 0. The number of para-hydroxylation sites is 1. The van der Waals surface area contributed by atoms with Gasteiger partial charge in [0.1, 0.15) is 5.84 Å². The van der Waals surface area contributed by atoms with E-state index in [0.717, 1.165) is 21.7 Å². The average Bonchev–Trinajstić information content (AvgIpc) is 2.82. The van der Waals surface area contributed by atoms with Crippen molar-refractivity contribution in [2.45, 2.75) is 6.92 Å². The molecule has 1 fully saturated rings. The zero-order valence-electron chi connectivity index (χ0n) is 11.5. The van der Waals surface area contributed by atoms with E-state index in [1.807, 2.05) is 67.6 Å². The van der Waals surface area contributed by atoms with Crippen LogP contribution in [-0.2, 0) is 0 Å². The molecule has 2 aromatic rings. The van der Waals surface area contributed by atoms with Gasteiger partial charge in [0.25, 0.3) is 5.24 Å². The van der Waals surface area contributed by atoms with Crippen LogP contribution in [0.5, 0.6) is 0 Å². The molecule has 104 valence electrons. The Bertz CT molecular complexity index is 735. The van der Waals surface area contributed by atoms with Crippen LogP contribution in [0.25, 0.3) is 6.08 Å². The van der Waals surface area contributed by atoms with E-state index in [-0.39, 0.29) is 5.24 Å². The third-order valence-corrected chi connectivity index (χ3v) is 3.92. The Morgan fingerprint density at radius 1 is 1.05 bits per heavy atom. The Hall–Kier alpha value is -2.33. The van der Waals surface area contributed by atoms with Gasteiger partial charge in [-0.3, -0.25) is 4.79 Å². The molecule has 0 saturated carbocycles. The molecule has 0 bridgehead atoms. The molecule has 2 aromatic carbocycles. The number of nitrogens with one attached hydrogen (secondary N) is 1. The number of hydrogen-bond acceptors (Lipinski definition) is 3. The molecule has 1 aliphatic rings. The molecule has 1 saturated heterocycles. The van der Waals surface area contributed by atoms with Gasteiger partial charge in [-0.25, -0.2) is 4.99 Å². The molecule has 0 aromatic heterocycles. The highest BCUT2D eigenvalue weighted by Crippen LogP contribution is 2.29. The molecule has 0 radical (unpaired) electrons. The lowest BCUT2D eigenvalue weighted by molar-refractivity contribution is 0.265. The Morgan fingerprint density at radius 3 is 2.52 bits per heavy atom. The second-order valence-electron chi connectivity index (χ2n) is 4.68. The molecule has 3 nitrogen and oxygen atoms in total. The second kappa shape index (κ2) is 5.97. The predicted molar refractivity (Wildman–Crippen MR) is 88.8 cm³/mol. The summed E-state index contributed by atoms with van der Waals surface area (Å²) in [6.07, 6.45) is 1.97. The minimum absolute atomic E-state index is 0.0930. The van der Waals surface area contributed by atoms with Crippen LogP contribution in [0.1, 0.15) is 11.1 Å². The molecular formula is C17H14N2OS. The minimum atomic E-state index is -0.0930. The molecule has 3 rings (SSSR count). The summed E-state index contributed by atoms with van der Waals surface area (Å²) >= 11 is 1.17. The first-order valence-corrected chi connectivity index (χ1v) is 7.44. The number of carbonyl (C=O) groups is 1. The maximum atomic E-state index is 11.7. The monoisotopic (exact) mass is 294 g/mol. The van der Waals surface area contributed by atoms with Crippen LogP contribution in [0.4, 0.5) is 10.5 Å². The highest BCUT2D eigenvalue weighted by Gasteiger charge is 2.23. The zero-order valence-corrected chi connectivity index (χ0v) is 12.4. The van der Waals surface area contributed by atoms with Crippen LogP contribution in [-0.4, -0.2) is 11.1 Å². The highest BCUT2D eigenvalue weighted by atomic mass is 32.2. The molecule has 1 N–H and O–H groups in total. The summed E-state index contributed by atoms with van der Waals surface area (Å²) in [5.41, 5.74) is 3.00. The molecule has 4 heteroatoms. The Labute approximate surface area is 127 Å². The fourth-order valence-electron chi connectivity index (χ4n) is 2.02. The molecule has 1 aliphatic heterocycles. The Morgan fingerprint density at radius 2 is 1.76 bits per heavy atom. The predicted octanol–water partition coefficient (Wildman–Crippen LogP) is 4.52. The number of thioether (sulfide) groups is 1. The van der Waals surface area contributed by atoms with E-state index < -0.39 is 0 Å². The largest absolute Gasteiger partial charge is 0.300 e. The van der Waals surface area contributed by atoms with E-state index in [0.29, 0.717) is 5.84 Å². The number of amides is 1. The van der Waals surface area contributed by atoms with Crippen LogP contribution < -0.4 is 5.32 Å². The fraction of sp³-hybridized carbons (Fsp3) is 0.0588. The fourth-order valence-corrected chi connectivity index (χ4v) is 2.76. The number of carbonyl (C=O) groups excluding carboxylic acids is 1. The van der Waals surface area contributed by atoms with E-state index in [1.54, 1.807) is 0 Å². The van der Waals surface area contributed by atoms with Crippen molar-refractivity contribution in [1.29, 1.82) is 0 Å². The first-order valence-electron chi connectivity index (χ1n) is 6.62. The average molecular weight is 294 g/mol. The SMILES string of the molecule is Cc1ccccc1N=C1NC(=O)S/C1=C\c1ccccc1. The topological polar surface area (TPSA) is 41.5 Å². The van der Waals surface area contributed by atoms with Crippen molar-refractivity contribution in [3.05, 3.63) is 70.6 Å². The molecule has 1 amide bonds. The van der Waals surface area contributed by atoms with Crippen molar-refractivity contribution in [3.8, 4) is 0 Å². The van der Waals surface area contributed by atoms with E-state index in [1.165, 1.54) is 11.8 Å². The van der Waals surface area contributed by atoms with Gasteiger partial charge in [0.2, 0.25) is 0 Å². The third kappa shape index (κ3) is 3.23. The van der Waals surface area contributed by atoms with Crippen LogP contribution in [0.2, 0.25) is 0 Å². The molecule has 0 unspecified atom stereocenters. The van der Waals surface area contributed by atoms with Gasteiger partial charge in [-0.1, -0.05) is 48.5 Å². The molecule has 0 spiro atoms. The van der Waals surface area contributed by atoms with E-state index in [9.17, 15) is 4.79 Å². The van der Waals surface area contributed by atoms with Crippen LogP contribution in [0.15, 0.2) is 64.5 Å². The summed E-state index contributed by atoms with van der Waals surface area (Å²) in [4.78, 5) is 17.1. The van der Waals surface area contributed by atoms with Gasteiger partial charge < -0.3 is 5.32 Å². The first kappa shape index (κ1) is 13.6. The lowest BCUT2D eigenvalue weighted by atomic mass is 10.2. The molecule has 21 heavy (non-hydrogen) atoms. The number of nitrogens with zero attached hydrogens (tertiary/aromatic N) is 1. The van der Waals surface area contributed by atoms with Crippen molar-refractivity contribution in [1.82, 2.24) is 5.32 Å². The van der Waals surface area contributed by atoms with Crippen molar-refractivity contribution in [3.63, 3.8) is 0 Å². The summed E-state index contributed by atoms with van der Waals surface area (Å²) in [6.45, 7) is 2.00. The smallest absolute Gasteiger partial charge is 0.289 e.